The number of rotatable bonds is 7. The minimum absolute atomic E-state index is 0.0379. The van der Waals surface area contributed by atoms with Crippen LogP contribution in [0.25, 0.3) is 0 Å². The fraction of sp³-hybridized carbons (Fsp3) is 0.300. The Bertz CT molecular complexity index is 856. The van der Waals surface area contributed by atoms with E-state index in [1.165, 1.54) is 19.2 Å². The molecule has 1 fully saturated rings. The van der Waals surface area contributed by atoms with Gasteiger partial charge in [0.2, 0.25) is 11.8 Å². The second-order valence-electron chi connectivity index (χ2n) is 6.28. The van der Waals surface area contributed by atoms with Gasteiger partial charge in [-0.3, -0.25) is 9.59 Å². The van der Waals surface area contributed by atoms with Gasteiger partial charge in [0.1, 0.15) is 11.5 Å². The lowest BCUT2D eigenvalue weighted by molar-refractivity contribution is -0.117. The van der Waals surface area contributed by atoms with Gasteiger partial charge in [-0.2, -0.15) is 8.78 Å². The van der Waals surface area contributed by atoms with Gasteiger partial charge in [-0.1, -0.05) is 12.1 Å². The number of benzene rings is 2. The van der Waals surface area contributed by atoms with Crippen LogP contribution in [0.4, 0.5) is 20.2 Å². The third-order valence-electron chi connectivity index (χ3n) is 4.34. The first-order chi connectivity index (χ1) is 13.5. The van der Waals surface area contributed by atoms with Gasteiger partial charge in [0.15, 0.2) is 0 Å². The summed E-state index contributed by atoms with van der Waals surface area (Å²) in [5.41, 5.74) is 1.87. The highest BCUT2D eigenvalue weighted by Gasteiger charge is 2.24. The summed E-state index contributed by atoms with van der Waals surface area (Å²) in [6.45, 7) is -2.24. The van der Waals surface area contributed by atoms with Crippen LogP contribution in [-0.2, 0) is 16.0 Å². The molecule has 0 radical (unpaired) electrons. The molecule has 1 saturated heterocycles. The number of anilines is 2. The Kier molecular flexibility index (Phi) is 6.08. The molecule has 1 N–H and O–H groups in total. The lowest BCUT2D eigenvalue weighted by Gasteiger charge is -2.19. The van der Waals surface area contributed by atoms with Crippen molar-refractivity contribution in [3.8, 4) is 11.5 Å². The van der Waals surface area contributed by atoms with Crippen LogP contribution in [0.5, 0.6) is 11.5 Å². The van der Waals surface area contributed by atoms with Crippen LogP contribution in [0.15, 0.2) is 42.5 Å². The molecule has 0 spiro atoms. The van der Waals surface area contributed by atoms with Crippen molar-refractivity contribution in [2.75, 3.05) is 23.9 Å². The molecule has 1 aliphatic rings. The number of hydrogen-bond donors (Lipinski definition) is 1. The summed E-state index contributed by atoms with van der Waals surface area (Å²) in [6.07, 6.45) is 1.40. The molecule has 0 unspecified atom stereocenters. The quantitative estimate of drug-likeness (QED) is 0.784. The number of methoxy groups -OCH3 is 1. The van der Waals surface area contributed by atoms with Crippen LogP contribution in [-0.4, -0.2) is 32.1 Å². The molecule has 1 aliphatic heterocycles. The molecule has 1 heterocycles. The summed E-state index contributed by atoms with van der Waals surface area (Å²) < 4.78 is 34.0. The number of nitrogens with one attached hydrogen (secondary N) is 1. The van der Waals surface area contributed by atoms with Gasteiger partial charge >= 0.3 is 6.61 Å². The Morgan fingerprint density at radius 1 is 1.21 bits per heavy atom. The van der Waals surface area contributed by atoms with Crippen molar-refractivity contribution < 1.29 is 27.8 Å². The fourth-order valence-electron chi connectivity index (χ4n) is 3.06. The number of hydrogen-bond acceptors (Lipinski definition) is 4. The lowest BCUT2D eigenvalue weighted by atomic mass is 10.1. The smallest absolute Gasteiger partial charge is 0.387 e. The van der Waals surface area contributed by atoms with Gasteiger partial charge in [-0.05, 0) is 36.2 Å². The van der Waals surface area contributed by atoms with Crippen molar-refractivity contribution in [1.82, 2.24) is 0 Å². The molecule has 2 aromatic rings. The highest BCUT2D eigenvalue weighted by molar-refractivity contribution is 5.98. The van der Waals surface area contributed by atoms with E-state index in [0.717, 1.165) is 6.42 Å². The number of amides is 2. The number of carbonyl (C=O) groups excluding carboxylic acids is 2. The zero-order valence-corrected chi connectivity index (χ0v) is 15.3. The molecule has 2 amide bonds. The van der Waals surface area contributed by atoms with Gasteiger partial charge in [-0.25, -0.2) is 0 Å². The summed E-state index contributed by atoms with van der Waals surface area (Å²) >= 11 is 0. The minimum Gasteiger partial charge on any atom is -0.494 e. The summed E-state index contributed by atoms with van der Waals surface area (Å²) in [6, 6.07) is 11.0. The molecule has 148 valence electrons. The Morgan fingerprint density at radius 2 is 1.96 bits per heavy atom. The second-order valence-corrected chi connectivity index (χ2v) is 6.28. The molecule has 6 nitrogen and oxygen atoms in total. The number of alkyl halides is 2. The molecule has 2 aromatic carbocycles. The van der Waals surface area contributed by atoms with Crippen molar-refractivity contribution in [1.29, 1.82) is 0 Å². The van der Waals surface area contributed by atoms with Gasteiger partial charge in [0.25, 0.3) is 0 Å². The van der Waals surface area contributed by atoms with Crippen LogP contribution < -0.4 is 19.7 Å². The zero-order valence-electron chi connectivity index (χ0n) is 15.3. The molecule has 8 heteroatoms. The van der Waals surface area contributed by atoms with Crippen molar-refractivity contribution in [2.24, 2.45) is 0 Å². The highest BCUT2D eigenvalue weighted by Crippen LogP contribution is 2.33. The van der Waals surface area contributed by atoms with E-state index in [2.05, 4.69) is 10.1 Å². The lowest BCUT2D eigenvalue weighted by Crippen LogP contribution is -2.24. The summed E-state index contributed by atoms with van der Waals surface area (Å²) in [5, 5.41) is 2.77. The number of halogens is 2. The average molecular weight is 390 g/mol. The Hall–Kier alpha value is -3.16. The van der Waals surface area contributed by atoms with Crippen LogP contribution in [0.2, 0.25) is 0 Å². The normalized spacial score (nSPS) is 13.7. The third-order valence-corrected chi connectivity index (χ3v) is 4.34. The standard InChI is InChI=1S/C20H20F2N2O4/c1-27-17-12-14(6-9-16(17)24-10-2-3-19(24)26)23-18(25)11-13-4-7-15(8-5-13)28-20(21)22/h4-9,12,20H,2-3,10-11H2,1H3,(H,23,25). The molecule has 0 saturated carbocycles. The molecule has 0 atom stereocenters. The predicted octanol–water partition coefficient (Wildman–Crippen LogP) is 3.60. The topological polar surface area (TPSA) is 67.9 Å². The van der Waals surface area contributed by atoms with Crippen LogP contribution in [0.3, 0.4) is 0 Å². The Morgan fingerprint density at radius 3 is 2.57 bits per heavy atom. The van der Waals surface area contributed by atoms with Crippen molar-refractivity contribution in [3.63, 3.8) is 0 Å². The number of carbonyl (C=O) groups is 2. The first-order valence-corrected chi connectivity index (χ1v) is 8.78. The third kappa shape index (κ3) is 4.76. The maximum Gasteiger partial charge on any atom is 0.387 e. The minimum atomic E-state index is -2.89. The van der Waals surface area contributed by atoms with E-state index < -0.39 is 6.61 Å². The second kappa shape index (κ2) is 8.69. The van der Waals surface area contributed by atoms with Crippen LogP contribution in [0, 0.1) is 0 Å². The Labute approximate surface area is 161 Å². The SMILES string of the molecule is COc1cc(NC(=O)Cc2ccc(OC(F)F)cc2)ccc1N1CCCC1=O. The van der Waals surface area contributed by atoms with E-state index in [-0.39, 0.29) is 24.0 Å². The largest absolute Gasteiger partial charge is 0.494 e. The summed E-state index contributed by atoms with van der Waals surface area (Å²) in [5.74, 6) is 0.321. The predicted molar refractivity (Wildman–Crippen MR) is 100.0 cm³/mol. The molecule has 0 aromatic heterocycles. The van der Waals surface area contributed by atoms with Gasteiger partial charge < -0.3 is 19.7 Å². The van der Waals surface area contributed by atoms with E-state index in [1.807, 2.05) is 0 Å². The van der Waals surface area contributed by atoms with E-state index in [1.54, 1.807) is 35.2 Å². The van der Waals surface area contributed by atoms with Gasteiger partial charge in [-0.15, -0.1) is 0 Å². The molecular weight excluding hydrogens is 370 g/mol. The van der Waals surface area contributed by atoms with Gasteiger partial charge in [0, 0.05) is 24.7 Å². The average Bonchev–Trinajstić information content (AvgIpc) is 3.08. The summed E-state index contributed by atoms with van der Waals surface area (Å²) in [7, 11) is 1.51. The molecular formula is C20H20F2N2O4. The zero-order chi connectivity index (χ0) is 20.1. The van der Waals surface area contributed by atoms with Crippen molar-refractivity contribution in [3.05, 3.63) is 48.0 Å². The van der Waals surface area contributed by atoms with E-state index in [4.69, 9.17) is 4.74 Å². The highest BCUT2D eigenvalue weighted by atomic mass is 19.3. The van der Waals surface area contributed by atoms with E-state index in [9.17, 15) is 18.4 Å². The molecule has 3 rings (SSSR count). The first-order valence-electron chi connectivity index (χ1n) is 8.78. The van der Waals surface area contributed by atoms with Crippen LogP contribution in [0.1, 0.15) is 18.4 Å². The monoisotopic (exact) mass is 390 g/mol. The number of nitrogens with zero attached hydrogens (tertiary/aromatic N) is 1. The molecule has 0 aliphatic carbocycles. The van der Waals surface area contributed by atoms with Gasteiger partial charge in [0.05, 0.1) is 19.2 Å². The number of ether oxygens (including phenoxy) is 2. The first kappa shape index (κ1) is 19.6. The van der Waals surface area contributed by atoms with Crippen molar-refractivity contribution >= 4 is 23.2 Å². The van der Waals surface area contributed by atoms with Crippen molar-refractivity contribution in [2.45, 2.75) is 25.9 Å². The Balaban J connectivity index is 1.64. The van der Waals surface area contributed by atoms with E-state index in [0.29, 0.717) is 35.7 Å². The fourth-order valence-corrected chi connectivity index (χ4v) is 3.06. The molecule has 0 bridgehead atoms. The maximum absolute atomic E-state index is 12.3. The summed E-state index contributed by atoms with van der Waals surface area (Å²) in [4.78, 5) is 25.9. The molecule has 28 heavy (non-hydrogen) atoms. The van der Waals surface area contributed by atoms with E-state index >= 15 is 0 Å². The van der Waals surface area contributed by atoms with Crippen LogP contribution >= 0.6 is 0 Å². The maximum atomic E-state index is 12.3.